The van der Waals surface area contributed by atoms with Crippen LogP contribution in [0.4, 0.5) is 5.69 Å². The van der Waals surface area contributed by atoms with Gasteiger partial charge < -0.3 is 15.4 Å². The first-order valence-corrected chi connectivity index (χ1v) is 5.78. The molecule has 0 saturated heterocycles. The number of methoxy groups -OCH3 is 1. The SMILES string of the molecule is COCCN(CCC#N)C(N)=Nc1ccccc1. The minimum Gasteiger partial charge on any atom is -0.383 e. The lowest BCUT2D eigenvalue weighted by Gasteiger charge is -2.21. The second-order valence-corrected chi connectivity index (χ2v) is 3.69. The summed E-state index contributed by atoms with van der Waals surface area (Å²) in [6, 6.07) is 11.6. The van der Waals surface area contributed by atoms with Crippen molar-refractivity contribution in [3.63, 3.8) is 0 Å². The summed E-state index contributed by atoms with van der Waals surface area (Å²) in [6.07, 6.45) is 0.411. The van der Waals surface area contributed by atoms with Crippen molar-refractivity contribution in [3.05, 3.63) is 30.3 Å². The first kappa shape index (κ1) is 14.0. The fourth-order valence-electron chi connectivity index (χ4n) is 1.43. The molecule has 0 aliphatic carbocycles. The molecular formula is C13H18N4O. The topological polar surface area (TPSA) is 74.6 Å². The standard InChI is InChI=1S/C13H18N4O/c1-18-11-10-17(9-5-8-14)13(15)16-12-6-3-2-4-7-12/h2-4,6-7H,5,9-11H2,1H3,(H2,15,16). The van der Waals surface area contributed by atoms with Gasteiger partial charge in [0.25, 0.3) is 0 Å². The van der Waals surface area contributed by atoms with Gasteiger partial charge in [0.1, 0.15) is 0 Å². The number of hydrogen-bond acceptors (Lipinski definition) is 3. The maximum Gasteiger partial charge on any atom is 0.196 e. The van der Waals surface area contributed by atoms with Crippen LogP contribution in [0.25, 0.3) is 0 Å². The molecule has 96 valence electrons. The van der Waals surface area contributed by atoms with Crippen LogP contribution >= 0.6 is 0 Å². The summed E-state index contributed by atoms with van der Waals surface area (Å²) in [5, 5.41) is 8.62. The van der Waals surface area contributed by atoms with E-state index in [0.29, 0.717) is 32.1 Å². The van der Waals surface area contributed by atoms with E-state index in [2.05, 4.69) is 11.1 Å². The van der Waals surface area contributed by atoms with E-state index in [1.807, 2.05) is 35.2 Å². The third-order valence-electron chi connectivity index (χ3n) is 2.38. The van der Waals surface area contributed by atoms with Crippen molar-refractivity contribution in [1.82, 2.24) is 4.90 Å². The van der Waals surface area contributed by atoms with Gasteiger partial charge in [-0.2, -0.15) is 5.26 Å². The number of hydrogen-bond donors (Lipinski definition) is 1. The number of nitriles is 1. The fourth-order valence-corrected chi connectivity index (χ4v) is 1.43. The number of benzene rings is 1. The van der Waals surface area contributed by atoms with Crippen molar-refractivity contribution in [3.8, 4) is 6.07 Å². The van der Waals surface area contributed by atoms with Crippen LogP contribution in [0.2, 0.25) is 0 Å². The second kappa shape index (κ2) is 8.09. The Labute approximate surface area is 107 Å². The molecule has 18 heavy (non-hydrogen) atoms. The molecule has 0 fully saturated rings. The lowest BCUT2D eigenvalue weighted by molar-refractivity contribution is 0.176. The van der Waals surface area contributed by atoms with Gasteiger partial charge >= 0.3 is 0 Å². The van der Waals surface area contributed by atoms with Crippen LogP contribution in [0.1, 0.15) is 6.42 Å². The van der Waals surface area contributed by atoms with E-state index < -0.39 is 0 Å². The number of aliphatic imine (C=N–C) groups is 1. The average Bonchev–Trinajstić information content (AvgIpc) is 2.40. The van der Waals surface area contributed by atoms with Crippen molar-refractivity contribution in [1.29, 1.82) is 5.26 Å². The maximum atomic E-state index is 8.62. The summed E-state index contributed by atoms with van der Waals surface area (Å²) < 4.78 is 5.02. The van der Waals surface area contributed by atoms with Gasteiger partial charge in [0.05, 0.1) is 24.8 Å². The molecule has 1 aromatic rings. The van der Waals surface area contributed by atoms with Crippen LogP contribution in [0, 0.1) is 11.3 Å². The molecular weight excluding hydrogens is 228 g/mol. The van der Waals surface area contributed by atoms with Crippen LogP contribution in [-0.4, -0.2) is 37.7 Å². The van der Waals surface area contributed by atoms with Crippen LogP contribution in [0.15, 0.2) is 35.3 Å². The molecule has 0 bridgehead atoms. The van der Waals surface area contributed by atoms with Crippen molar-refractivity contribution in [2.45, 2.75) is 6.42 Å². The number of ether oxygens (including phenoxy) is 1. The summed E-state index contributed by atoms with van der Waals surface area (Å²) in [5.41, 5.74) is 6.74. The molecule has 0 amide bonds. The van der Waals surface area contributed by atoms with Crippen molar-refractivity contribution >= 4 is 11.6 Å². The highest BCUT2D eigenvalue weighted by molar-refractivity contribution is 5.81. The molecule has 0 radical (unpaired) electrons. The highest BCUT2D eigenvalue weighted by atomic mass is 16.5. The molecule has 1 rings (SSSR count). The van der Waals surface area contributed by atoms with Gasteiger partial charge in [-0.15, -0.1) is 0 Å². The predicted molar refractivity (Wildman–Crippen MR) is 71.4 cm³/mol. The van der Waals surface area contributed by atoms with Crippen molar-refractivity contribution < 1.29 is 4.74 Å². The van der Waals surface area contributed by atoms with E-state index in [-0.39, 0.29) is 0 Å². The Morgan fingerprint density at radius 3 is 2.72 bits per heavy atom. The highest BCUT2D eigenvalue weighted by Gasteiger charge is 2.07. The van der Waals surface area contributed by atoms with E-state index in [1.54, 1.807) is 7.11 Å². The summed E-state index contributed by atoms with van der Waals surface area (Å²) in [6.45, 7) is 1.73. The fraction of sp³-hybridized carbons (Fsp3) is 0.385. The van der Waals surface area contributed by atoms with Gasteiger partial charge in [-0.25, -0.2) is 4.99 Å². The predicted octanol–water partition coefficient (Wildman–Crippen LogP) is 1.49. The Bertz CT molecular complexity index is 411. The first-order valence-electron chi connectivity index (χ1n) is 5.78. The van der Waals surface area contributed by atoms with Gasteiger partial charge in [-0.3, -0.25) is 0 Å². The molecule has 2 N–H and O–H groups in total. The lowest BCUT2D eigenvalue weighted by Crippen LogP contribution is -2.39. The van der Waals surface area contributed by atoms with Gasteiger partial charge in [0, 0.05) is 20.2 Å². The Morgan fingerprint density at radius 2 is 2.11 bits per heavy atom. The summed E-state index contributed by atoms with van der Waals surface area (Å²) in [5.74, 6) is 0.411. The first-order chi connectivity index (χ1) is 8.77. The molecule has 0 saturated carbocycles. The Hall–Kier alpha value is -2.06. The zero-order chi connectivity index (χ0) is 13.2. The molecule has 0 aliphatic heterocycles. The average molecular weight is 246 g/mol. The van der Waals surface area contributed by atoms with E-state index >= 15 is 0 Å². The number of para-hydroxylation sites is 1. The van der Waals surface area contributed by atoms with Crippen LogP contribution < -0.4 is 5.73 Å². The molecule has 1 aromatic carbocycles. The molecule has 5 nitrogen and oxygen atoms in total. The van der Waals surface area contributed by atoms with E-state index in [0.717, 1.165) is 5.69 Å². The monoisotopic (exact) mass is 246 g/mol. The summed E-state index contributed by atoms with van der Waals surface area (Å²) >= 11 is 0. The Morgan fingerprint density at radius 1 is 1.39 bits per heavy atom. The summed E-state index contributed by atoms with van der Waals surface area (Å²) in [7, 11) is 1.63. The quantitative estimate of drug-likeness (QED) is 0.609. The largest absolute Gasteiger partial charge is 0.383 e. The normalized spacial score (nSPS) is 11.0. The van der Waals surface area contributed by atoms with Crippen LogP contribution in [0.3, 0.4) is 0 Å². The highest BCUT2D eigenvalue weighted by Crippen LogP contribution is 2.10. The third-order valence-corrected chi connectivity index (χ3v) is 2.38. The van der Waals surface area contributed by atoms with Gasteiger partial charge in [-0.05, 0) is 12.1 Å². The van der Waals surface area contributed by atoms with Gasteiger partial charge in [0.2, 0.25) is 0 Å². The number of guanidine groups is 1. The summed E-state index contributed by atoms with van der Waals surface area (Å²) in [4.78, 5) is 6.17. The van der Waals surface area contributed by atoms with Crippen molar-refractivity contribution in [2.24, 2.45) is 10.7 Å². The van der Waals surface area contributed by atoms with Crippen LogP contribution in [-0.2, 0) is 4.74 Å². The van der Waals surface area contributed by atoms with E-state index in [9.17, 15) is 0 Å². The van der Waals surface area contributed by atoms with Crippen molar-refractivity contribution in [2.75, 3.05) is 26.8 Å². The third kappa shape index (κ3) is 4.85. The number of nitrogens with zero attached hydrogens (tertiary/aromatic N) is 3. The minimum absolute atomic E-state index is 0.411. The molecule has 0 heterocycles. The molecule has 0 spiro atoms. The molecule has 5 heteroatoms. The zero-order valence-electron chi connectivity index (χ0n) is 10.5. The number of rotatable bonds is 6. The maximum absolute atomic E-state index is 8.62. The molecule has 0 unspecified atom stereocenters. The smallest absolute Gasteiger partial charge is 0.196 e. The molecule has 0 aliphatic rings. The lowest BCUT2D eigenvalue weighted by atomic mass is 10.3. The number of nitrogens with two attached hydrogens (primary N) is 1. The van der Waals surface area contributed by atoms with Gasteiger partial charge in [-0.1, -0.05) is 18.2 Å². The molecule has 0 aromatic heterocycles. The van der Waals surface area contributed by atoms with E-state index in [1.165, 1.54) is 0 Å². The Balaban J connectivity index is 2.71. The minimum atomic E-state index is 0.411. The second-order valence-electron chi connectivity index (χ2n) is 3.69. The van der Waals surface area contributed by atoms with Crippen LogP contribution in [0.5, 0.6) is 0 Å². The van der Waals surface area contributed by atoms with E-state index in [4.69, 9.17) is 15.7 Å². The molecule has 0 atom stereocenters. The van der Waals surface area contributed by atoms with Gasteiger partial charge in [0.15, 0.2) is 5.96 Å². The zero-order valence-corrected chi connectivity index (χ0v) is 10.5. The Kier molecular flexibility index (Phi) is 6.30.